The highest BCUT2D eigenvalue weighted by atomic mass is 16.4. The zero-order chi connectivity index (χ0) is 9.14. The van der Waals surface area contributed by atoms with E-state index in [0.29, 0.717) is 0 Å². The lowest BCUT2D eigenvalue weighted by molar-refractivity contribution is 0.401. The topological polar surface area (TPSA) is 57.5 Å². The van der Waals surface area contributed by atoms with Gasteiger partial charge in [-0.05, 0) is 13.0 Å². The van der Waals surface area contributed by atoms with E-state index < -0.39 is 12.9 Å². The van der Waals surface area contributed by atoms with Crippen LogP contribution >= 0.6 is 0 Å². The second-order valence-electron chi connectivity index (χ2n) is 2.74. The third-order valence-electron chi connectivity index (χ3n) is 1.75. The van der Waals surface area contributed by atoms with Crippen LogP contribution in [0.1, 0.15) is 6.92 Å². The van der Waals surface area contributed by atoms with Gasteiger partial charge in [-0.1, -0.05) is 17.7 Å². The molecule has 1 rings (SSSR count). The number of hydrogen-bond donors (Lipinski definition) is 2. The first-order valence-corrected chi connectivity index (χ1v) is 3.63. The fourth-order valence-electron chi connectivity index (χ4n) is 1.11. The third-order valence-corrected chi connectivity index (χ3v) is 1.75. The van der Waals surface area contributed by atoms with E-state index in [4.69, 9.17) is 10.0 Å². The molecule has 0 bridgehead atoms. The lowest BCUT2D eigenvalue weighted by Crippen LogP contribution is -2.21. The van der Waals surface area contributed by atoms with Crippen LogP contribution in [0.5, 0.6) is 0 Å². The highest BCUT2D eigenvalue weighted by Gasteiger charge is 2.26. The Balaban J connectivity index is 2.96. The van der Waals surface area contributed by atoms with Gasteiger partial charge in [0.15, 0.2) is 0 Å². The van der Waals surface area contributed by atoms with E-state index in [0.717, 1.165) is 5.57 Å². The Bertz CT molecular complexity index is 285. The molecule has 0 aromatic rings. The van der Waals surface area contributed by atoms with Gasteiger partial charge in [0.1, 0.15) is 5.94 Å². The molecule has 0 heterocycles. The smallest absolute Gasteiger partial charge is 0.426 e. The van der Waals surface area contributed by atoms with E-state index in [-0.39, 0.29) is 5.57 Å². The van der Waals surface area contributed by atoms with E-state index in [9.17, 15) is 4.79 Å². The Labute approximate surface area is 70.9 Å². The van der Waals surface area contributed by atoms with Crippen molar-refractivity contribution in [2.45, 2.75) is 12.7 Å². The molecular weight excluding hydrogens is 155 g/mol. The molecule has 0 aliphatic heterocycles. The zero-order valence-corrected chi connectivity index (χ0v) is 6.69. The van der Waals surface area contributed by atoms with Crippen molar-refractivity contribution in [2.75, 3.05) is 0 Å². The summed E-state index contributed by atoms with van der Waals surface area (Å²) < 4.78 is 0. The van der Waals surface area contributed by atoms with Crippen molar-refractivity contribution in [1.29, 1.82) is 0 Å². The summed E-state index contributed by atoms with van der Waals surface area (Å²) in [5.41, 5.74) is 1.19. The van der Waals surface area contributed by atoms with E-state index in [1.165, 1.54) is 0 Å². The Morgan fingerprint density at radius 1 is 1.58 bits per heavy atom. The SMILES string of the molecule is CC1=CC(=C=O)C(B(O)O)C=C1. The third kappa shape index (κ3) is 1.74. The maximum absolute atomic E-state index is 10.4. The number of allylic oxidation sites excluding steroid dienone is 5. The molecular formula is C8H9BO3. The van der Waals surface area contributed by atoms with Crippen molar-refractivity contribution in [3.05, 3.63) is 29.4 Å². The predicted molar refractivity (Wildman–Crippen MR) is 46.0 cm³/mol. The van der Waals surface area contributed by atoms with Crippen LogP contribution in [0.3, 0.4) is 0 Å². The van der Waals surface area contributed by atoms with Gasteiger partial charge in [-0.3, -0.25) is 0 Å². The predicted octanol–water partition coefficient (Wildman–Crippen LogP) is 0.104. The van der Waals surface area contributed by atoms with Crippen LogP contribution in [0.2, 0.25) is 5.82 Å². The molecule has 0 aromatic heterocycles. The highest BCUT2D eigenvalue weighted by molar-refractivity contribution is 6.45. The molecule has 1 aliphatic carbocycles. The van der Waals surface area contributed by atoms with Crippen LogP contribution in [0.4, 0.5) is 0 Å². The summed E-state index contributed by atoms with van der Waals surface area (Å²) >= 11 is 0. The summed E-state index contributed by atoms with van der Waals surface area (Å²) in [5.74, 6) is 1.05. The van der Waals surface area contributed by atoms with Gasteiger partial charge in [0, 0.05) is 11.4 Å². The van der Waals surface area contributed by atoms with Crippen LogP contribution in [-0.4, -0.2) is 23.1 Å². The van der Waals surface area contributed by atoms with Gasteiger partial charge in [-0.15, -0.1) is 0 Å². The molecule has 0 fully saturated rings. The van der Waals surface area contributed by atoms with Gasteiger partial charge >= 0.3 is 7.12 Å². The summed E-state index contributed by atoms with van der Waals surface area (Å²) in [4.78, 5) is 10.4. The Kier molecular flexibility index (Phi) is 2.66. The Morgan fingerprint density at radius 3 is 2.75 bits per heavy atom. The van der Waals surface area contributed by atoms with Gasteiger partial charge in [0.05, 0.1) is 0 Å². The minimum absolute atomic E-state index is 0.282. The molecule has 0 saturated heterocycles. The Morgan fingerprint density at radius 2 is 2.25 bits per heavy atom. The number of carbonyl (C=O) groups excluding carboxylic acids is 1. The monoisotopic (exact) mass is 164 g/mol. The normalized spacial score (nSPS) is 21.8. The summed E-state index contributed by atoms with van der Waals surface area (Å²) in [6.07, 6.45) is 4.92. The molecule has 1 atom stereocenters. The average Bonchev–Trinajstić information content (AvgIpc) is 2.03. The molecule has 2 N–H and O–H groups in total. The van der Waals surface area contributed by atoms with Crippen molar-refractivity contribution in [1.82, 2.24) is 0 Å². The average molecular weight is 164 g/mol. The first-order valence-electron chi connectivity index (χ1n) is 3.63. The summed E-state index contributed by atoms with van der Waals surface area (Å²) in [7, 11) is -1.53. The molecule has 0 amide bonds. The zero-order valence-electron chi connectivity index (χ0n) is 6.69. The van der Waals surface area contributed by atoms with Gasteiger partial charge < -0.3 is 10.0 Å². The largest absolute Gasteiger partial charge is 0.464 e. The summed E-state index contributed by atoms with van der Waals surface area (Å²) in [6, 6.07) is 0. The lowest BCUT2D eigenvalue weighted by atomic mass is 9.67. The standard InChI is InChI=1S/C8H9BO3/c1-6-2-3-8(9(11)12)7(4-6)5-10/h2-4,8,11-12H,1H3. The highest BCUT2D eigenvalue weighted by Crippen LogP contribution is 2.25. The molecule has 62 valence electrons. The fourth-order valence-corrected chi connectivity index (χ4v) is 1.11. The quantitative estimate of drug-likeness (QED) is 0.426. The molecule has 4 heteroatoms. The van der Waals surface area contributed by atoms with Gasteiger partial charge in [0.2, 0.25) is 0 Å². The molecule has 0 saturated carbocycles. The van der Waals surface area contributed by atoms with Gasteiger partial charge in [-0.25, -0.2) is 4.79 Å². The van der Waals surface area contributed by atoms with Crippen LogP contribution < -0.4 is 0 Å². The minimum Gasteiger partial charge on any atom is -0.426 e. The molecule has 0 radical (unpaired) electrons. The first-order chi connectivity index (χ1) is 5.65. The Hall–Kier alpha value is -1.09. The molecule has 12 heavy (non-hydrogen) atoms. The number of hydrogen-bond acceptors (Lipinski definition) is 3. The maximum Gasteiger partial charge on any atom is 0.464 e. The molecule has 1 unspecified atom stereocenters. The number of rotatable bonds is 1. The van der Waals surface area contributed by atoms with Crippen LogP contribution in [0.25, 0.3) is 0 Å². The second-order valence-corrected chi connectivity index (χ2v) is 2.74. The van der Waals surface area contributed by atoms with Gasteiger partial charge in [0.25, 0.3) is 0 Å². The molecule has 0 aromatic carbocycles. The van der Waals surface area contributed by atoms with Crippen molar-refractivity contribution in [3.8, 4) is 0 Å². The van der Waals surface area contributed by atoms with Crippen LogP contribution in [0.15, 0.2) is 29.4 Å². The van der Waals surface area contributed by atoms with E-state index >= 15 is 0 Å². The van der Waals surface area contributed by atoms with Crippen molar-refractivity contribution in [2.24, 2.45) is 0 Å². The summed E-state index contributed by atoms with van der Waals surface area (Å²) in [5, 5.41) is 17.7. The first kappa shape index (κ1) is 9.01. The van der Waals surface area contributed by atoms with Crippen LogP contribution in [-0.2, 0) is 4.79 Å². The lowest BCUT2D eigenvalue weighted by Gasteiger charge is -2.13. The van der Waals surface area contributed by atoms with E-state index in [1.54, 1.807) is 24.2 Å². The van der Waals surface area contributed by atoms with E-state index in [2.05, 4.69) is 0 Å². The minimum atomic E-state index is -1.53. The maximum atomic E-state index is 10.4. The van der Waals surface area contributed by atoms with Crippen molar-refractivity contribution >= 4 is 13.1 Å². The fraction of sp³-hybridized carbons (Fsp3) is 0.250. The van der Waals surface area contributed by atoms with Crippen molar-refractivity contribution in [3.63, 3.8) is 0 Å². The van der Waals surface area contributed by atoms with Crippen LogP contribution in [0, 0.1) is 0 Å². The second kappa shape index (κ2) is 3.54. The van der Waals surface area contributed by atoms with E-state index in [1.807, 2.05) is 6.92 Å². The van der Waals surface area contributed by atoms with Crippen molar-refractivity contribution < 1.29 is 14.8 Å². The van der Waals surface area contributed by atoms with Gasteiger partial charge in [-0.2, -0.15) is 0 Å². The summed E-state index contributed by atoms with van der Waals surface area (Å²) in [6.45, 7) is 1.83. The molecule has 0 spiro atoms. The molecule has 3 nitrogen and oxygen atoms in total. The molecule has 1 aliphatic rings.